The van der Waals surface area contributed by atoms with E-state index >= 15 is 0 Å². The predicted octanol–water partition coefficient (Wildman–Crippen LogP) is 3.52. The molecule has 0 saturated carbocycles. The van der Waals surface area contributed by atoms with Crippen molar-refractivity contribution in [3.05, 3.63) is 59.2 Å². The number of rotatable bonds is 13. The summed E-state index contributed by atoms with van der Waals surface area (Å²) in [5, 5.41) is 11.3. The number of hydrogen-bond donors (Lipinski definition) is 2. The number of benzene rings is 2. The fraction of sp³-hybridized carbons (Fsp3) is 0.348. The van der Waals surface area contributed by atoms with Crippen molar-refractivity contribution in [3.8, 4) is 11.5 Å². The summed E-state index contributed by atoms with van der Waals surface area (Å²) in [6, 6.07) is 10.3. The van der Waals surface area contributed by atoms with Crippen LogP contribution in [0.2, 0.25) is 0 Å². The van der Waals surface area contributed by atoms with E-state index in [9.17, 15) is 18.0 Å². The second kappa shape index (κ2) is 13.5. The SMILES string of the molecule is COc1ccc(C(=O)NCCOCCOCCO)cc1/C=C/c1ccc(OC(F)(F)F)cc1. The van der Waals surface area contributed by atoms with Crippen LogP contribution in [-0.4, -0.2) is 64.1 Å². The fourth-order valence-electron chi connectivity index (χ4n) is 2.70. The van der Waals surface area contributed by atoms with Gasteiger partial charge in [0.2, 0.25) is 0 Å². The van der Waals surface area contributed by atoms with Crippen LogP contribution >= 0.6 is 0 Å². The zero-order valence-corrected chi connectivity index (χ0v) is 18.1. The van der Waals surface area contributed by atoms with Gasteiger partial charge < -0.3 is 29.4 Å². The van der Waals surface area contributed by atoms with Gasteiger partial charge in [0.05, 0.1) is 40.1 Å². The van der Waals surface area contributed by atoms with E-state index in [4.69, 9.17) is 19.3 Å². The van der Waals surface area contributed by atoms with Gasteiger partial charge in [-0.25, -0.2) is 0 Å². The zero-order valence-electron chi connectivity index (χ0n) is 18.1. The Bertz CT molecular complexity index is 900. The lowest BCUT2D eigenvalue weighted by Crippen LogP contribution is -2.27. The van der Waals surface area contributed by atoms with Gasteiger partial charge in [0, 0.05) is 17.7 Å². The molecule has 2 rings (SSSR count). The van der Waals surface area contributed by atoms with Crippen molar-refractivity contribution < 1.29 is 42.0 Å². The Morgan fingerprint density at radius 2 is 1.70 bits per heavy atom. The van der Waals surface area contributed by atoms with E-state index in [0.717, 1.165) is 0 Å². The molecule has 0 aliphatic carbocycles. The Hall–Kier alpha value is -3.08. The highest BCUT2D eigenvalue weighted by Crippen LogP contribution is 2.25. The van der Waals surface area contributed by atoms with Crippen LogP contribution in [-0.2, 0) is 9.47 Å². The first-order valence-electron chi connectivity index (χ1n) is 10.1. The molecule has 2 aromatic carbocycles. The normalized spacial score (nSPS) is 11.5. The maximum Gasteiger partial charge on any atom is 0.573 e. The zero-order chi connectivity index (χ0) is 24.1. The molecule has 0 unspecified atom stereocenters. The van der Waals surface area contributed by atoms with Crippen LogP contribution in [0.1, 0.15) is 21.5 Å². The molecule has 2 aromatic rings. The number of aliphatic hydroxyl groups is 1. The maximum absolute atomic E-state index is 12.4. The first-order chi connectivity index (χ1) is 15.8. The molecule has 0 saturated heterocycles. The van der Waals surface area contributed by atoms with Crippen LogP contribution in [0.4, 0.5) is 13.2 Å². The summed E-state index contributed by atoms with van der Waals surface area (Å²) >= 11 is 0. The third kappa shape index (κ3) is 9.94. The highest BCUT2D eigenvalue weighted by Gasteiger charge is 2.30. The molecule has 1 amide bonds. The van der Waals surface area contributed by atoms with Crippen LogP contribution in [0.3, 0.4) is 0 Å². The summed E-state index contributed by atoms with van der Waals surface area (Å²) in [6.45, 7) is 1.55. The number of halogens is 3. The molecule has 0 spiro atoms. The van der Waals surface area contributed by atoms with Crippen LogP contribution in [0.25, 0.3) is 12.2 Å². The summed E-state index contributed by atoms with van der Waals surface area (Å²) in [7, 11) is 1.50. The van der Waals surface area contributed by atoms with Crippen molar-refractivity contribution in [1.82, 2.24) is 5.32 Å². The summed E-state index contributed by atoms with van der Waals surface area (Å²) in [5.41, 5.74) is 1.68. The van der Waals surface area contributed by atoms with Gasteiger partial charge in [-0.3, -0.25) is 4.79 Å². The van der Waals surface area contributed by atoms with E-state index in [-0.39, 0.29) is 24.9 Å². The number of aliphatic hydroxyl groups excluding tert-OH is 1. The van der Waals surface area contributed by atoms with E-state index in [0.29, 0.717) is 48.8 Å². The number of ether oxygens (including phenoxy) is 4. The minimum absolute atomic E-state index is 0.0434. The first-order valence-corrected chi connectivity index (χ1v) is 10.1. The number of hydrogen-bond acceptors (Lipinski definition) is 6. The molecule has 180 valence electrons. The van der Waals surface area contributed by atoms with E-state index < -0.39 is 6.36 Å². The highest BCUT2D eigenvalue weighted by molar-refractivity contribution is 5.95. The smallest absolute Gasteiger partial charge is 0.496 e. The molecule has 0 aliphatic heterocycles. The standard InChI is InChI=1S/C23H26F3NO6/c1-30-21-9-6-19(22(29)27-10-12-31-14-15-32-13-11-28)16-18(21)5-2-17-3-7-20(8-4-17)33-23(24,25)26/h2-9,16,28H,10-15H2,1H3,(H,27,29)/b5-2+. The van der Waals surface area contributed by atoms with Crippen molar-refractivity contribution in [2.45, 2.75) is 6.36 Å². The van der Waals surface area contributed by atoms with Gasteiger partial charge in [0.1, 0.15) is 11.5 Å². The van der Waals surface area contributed by atoms with Gasteiger partial charge in [-0.15, -0.1) is 13.2 Å². The van der Waals surface area contributed by atoms with Crippen LogP contribution < -0.4 is 14.8 Å². The number of nitrogens with one attached hydrogen (secondary N) is 1. The van der Waals surface area contributed by atoms with E-state index in [1.54, 1.807) is 30.4 Å². The average Bonchev–Trinajstić information content (AvgIpc) is 2.79. The molecular formula is C23H26F3NO6. The molecule has 0 bridgehead atoms. The van der Waals surface area contributed by atoms with Crippen molar-refractivity contribution in [2.75, 3.05) is 46.7 Å². The summed E-state index contributed by atoms with van der Waals surface area (Å²) in [4.78, 5) is 12.4. The second-order valence-electron chi connectivity index (χ2n) is 6.61. The number of amides is 1. The molecule has 10 heteroatoms. The highest BCUT2D eigenvalue weighted by atomic mass is 19.4. The lowest BCUT2D eigenvalue weighted by atomic mass is 10.1. The number of alkyl halides is 3. The van der Waals surface area contributed by atoms with Crippen molar-refractivity contribution in [1.29, 1.82) is 0 Å². The number of carbonyl (C=O) groups excluding carboxylic acids is 1. The Balaban J connectivity index is 1.93. The Labute approximate surface area is 189 Å². The quantitative estimate of drug-likeness (QED) is 0.345. The van der Waals surface area contributed by atoms with Crippen LogP contribution in [0.5, 0.6) is 11.5 Å². The molecule has 0 atom stereocenters. The van der Waals surface area contributed by atoms with Gasteiger partial charge in [-0.05, 0) is 35.9 Å². The minimum Gasteiger partial charge on any atom is -0.496 e. The Morgan fingerprint density at radius 1 is 1.00 bits per heavy atom. The lowest BCUT2D eigenvalue weighted by Gasteiger charge is -2.10. The fourth-order valence-corrected chi connectivity index (χ4v) is 2.70. The van der Waals surface area contributed by atoms with Gasteiger partial charge in [-0.2, -0.15) is 0 Å². The van der Waals surface area contributed by atoms with Gasteiger partial charge in [0.25, 0.3) is 5.91 Å². The first kappa shape index (κ1) is 26.2. The van der Waals surface area contributed by atoms with Gasteiger partial charge in [0.15, 0.2) is 0 Å². The van der Waals surface area contributed by atoms with E-state index in [2.05, 4.69) is 10.1 Å². The van der Waals surface area contributed by atoms with Crippen molar-refractivity contribution >= 4 is 18.1 Å². The van der Waals surface area contributed by atoms with Gasteiger partial charge in [-0.1, -0.05) is 24.3 Å². The Morgan fingerprint density at radius 3 is 2.33 bits per heavy atom. The minimum atomic E-state index is -4.74. The van der Waals surface area contributed by atoms with Crippen LogP contribution in [0.15, 0.2) is 42.5 Å². The third-order valence-electron chi connectivity index (χ3n) is 4.20. The molecule has 2 N–H and O–H groups in total. The molecule has 0 heterocycles. The lowest BCUT2D eigenvalue weighted by molar-refractivity contribution is -0.274. The summed E-state index contributed by atoms with van der Waals surface area (Å²) in [5.74, 6) is -0.0651. The molecule has 0 fully saturated rings. The predicted molar refractivity (Wildman–Crippen MR) is 116 cm³/mol. The summed E-state index contributed by atoms with van der Waals surface area (Å²) in [6.07, 6.45) is -1.36. The molecule has 33 heavy (non-hydrogen) atoms. The molecule has 0 radical (unpaired) electrons. The average molecular weight is 469 g/mol. The van der Waals surface area contributed by atoms with Gasteiger partial charge >= 0.3 is 6.36 Å². The maximum atomic E-state index is 12.4. The number of carbonyl (C=O) groups is 1. The monoisotopic (exact) mass is 469 g/mol. The van der Waals surface area contributed by atoms with Crippen molar-refractivity contribution in [3.63, 3.8) is 0 Å². The Kier molecular flexibility index (Phi) is 10.7. The van der Waals surface area contributed by atoms with E-state index in [1.165, 1.54) is 31.4 Å². The topological polar surface area (TPSA) is 86.3 Å². The number of methoxy groups -OCH3 is 1. The molecule has 0 aromatic heterocycles. The van der Waals surface area contributed by atoms with Crippen molar-refractivity contribution in [2.24, 2.45) is 0 Å². The summed E-state index contributed by atoms with van der Waals surface area (Å²) < 4.78 is 56.4. The molecule has 7 nitrogen and oxygen atoms in total. The van der Waals surface area contributed by atoms with E-state index in [1.807, 2.05) is 0 Å². The van der Waals surface area contributed by atoms with Crippen LogP contribution in [0, 0.1) is 0 Å². The second-order valence-corrected chi connectivity index (χ2v) is 6.61. The molecule has 0 aliphatic rings. The third-order valence-corrected chi connectivity index (χ3v) is 4.20. The molecular weight excluding hydrogens is 443 g/mol. The largest absolute Gasteiger partial charge is 0.573 e.